The van der Waals surface area contributed by atoms with Crippen molar-refractivity contribution in [2.24, 2.45) is 0 Å². The highest BCUT2D eigenvalue weighted by molar-refractivity contribution is 5.20. The molecule has 1 aromatic carbocycles. The maximum absolute atomic E-state index is 4.96. The van der Waals surface area contributed by atoms with E-state index in [1.54, 1.807) is 7.11 Å². The molecule has 3 heteroatoms. The summed E-state index contributed by atoms with van der Waals surface area (Å²) in [5.74, 6) is 0. The quantitative estimate of drug-likeness (QED) is 0.640. The minimum atomic E-state index is 0.788. The van der Waals surface area contributed by atoms with Crippen molar-refractivity contribution in [1.82, 2.24) is 10.6 Å². The van der Waals surface area contributed by atoms with E-state index >= 15 is 0 Å². The molecule has 0 aliphatic rings. The molecule has 17 heavy (non-hydrogen) atoms. The molecule has 1 rings (SSSR count). The lowest BCUT2D eigenvalue weighted by Crippen LogP contribution is -2.24. The molecule has 0 saturated heterocycles. The predicted octanol–water partition coefficient (Wildman–Crippen LogP) is 1.71. The molecule has 0 saturated carbocycles. The van der Waals surface area contributed by atoms with E-state index in [1.807, 2.05) is 0 Å². The fourth-order valence-corrected chi connectivity index (χ4v) is 1.58. The maximum atomic E-state index is 4.96. The molecule has 0 spiro atoms. The van der Waals surface area contributed by atoms with Crippen molar-refractivity contribution in [1.29, 1.82) is 0 Å². The average Bonchev–Trinajstić information content (AvgIpc) is 2.35. The molecule has 0 aliphatic heterocycles. The lowest BCUT2D eigenvalue weighted by Gasteiger charge is -2.06. The van der Waals surface area contributed by atoms with Crippen molar-refractivity contribution in [2.75, 3.05) is 33.4 Å². The monoisotopic (exact) mass is 236 g/mol. The summed E-state index contributed by atoms with van der Waals surface area (Å²) in [7, 11) is 1.73. The molecule has 0 aliphatic carbocycles. The molecule has 3 nitrogen and oxygen atoms in total. The average molecular weight is 236 g/mol. The van der Waals surface area contributed by atoms with Gasteiger partial charge in [0.05, 0.1) is 6.61 Å². The summed E-state index contributed by atoms with van der Waals surface area (Å²) < 4.78 is 4.96. The van der Waals surface area contributed by atoms with E-state index in [0.29, 0.717) is 0 Å². The Morgan fingerprint density at radius 2 is 1.71 bits per heavy atom. The molecule has 0 bridgehead atoms. The van der Waals surface area contributed by atoms with Gasteiger partial charge in [0, 0.05) is 20.2 Å². The number of benzene rings is 1. The van der Waals surface area contributed by atoms with E-state index in [9.17, 15) is 0 Å². The van der Waals surface area contributed by atoms with E-state index in [2.05, 4.69) is 41.8 Å². The molecular formula is C14H24N2O. The van der Waals surface area contributed by atoms with Crippen LogP contribution in [-0.2, 0) is 11.3 Å². The van der Waals surface area contributed by atoms with Crippen molar-refractivity contribution in [3.05, 3.63) is 35.4 Å². The van der Waals surface area contributed by atoms with Gasteiger partial charge in [-0.25, -0.2) is 0 Å². The van der Waals surface area contributed by atoms with Crippen LogP contribution >= 0.6 is 0 Å². The van der Waals surface area contributed by atoms with Crippen molar-refractivity contribution in [3.63, 3.8) is 0 Å². The number of hydrogen-bond donors (Lipinski definition) is 2. The fraction of sp³-hybridized carbons (Fsp3) is 0.571. The number of nitrogens with one attached hydrogen (secondary N) is 2. The highest BCUT2D eigenvalue weighted by Crippen LogP contribution is 2.02. The van der Waals surface area contributed by atoms with Gasteiger partial charge in [-0.3, -0.25) is 0 Å². The first-order chi connectivity index (χ1) is 8.33. The first-order valence-electron chi connectivity index (χ1n) is 6.29. The Morgan fingerprint density at radius 3 is 2.41 bits per heavy atom. The third kappa shape index (κ3) is 7.10. The van der Waals surface area contributed by atoms with Crippen LogP contribution in [-0.4, -0.2) is 33.4 Å². The number of rotatable bonds is 9. The number of hydrogen-bond acceptors (Lipinski definition) is 3. The van der Waals surface area contributed by atoms with Crippen LogP contribution < -0.4 is 10.6 Å². The molecular weight excluding hydrogens is 212 g/mol. The normalized spacial score (nSPS) is 10.7. The summed E-state index contributed by atoms with van der Waals surface area (Å²) in [6.07, 6.45) is 1.15. The Morgan fingerprint density at radius 1 is 1.00 bits per heavy atom. The molecule has 0 atom stereocenters. The first kappa shape index (κ1) is 14.2. The molecule has 0 aromatic heterocycles. The van der Waals surface area contributed by atoms with E-state index in [0.717, 1.165) is 39.2 Å². The minimum absolute atomic E-state index is 0.788. The molecule has 0 fully saturated rings. The van der Waals surface area contributed by atoms with E-state index < -0.39 is 0 Å². The molecule has 0 unspecified atom stereocenters. The Hall–Kier alpha value is -0.900. The standard InChI is InChI=1S/C14H24N2O/c1-13-4-6-14(7-5-13)12-16-9-3-8-15-10-11-17-2/h4-7,15-16H,3,8-12H2,1-2H3. The van der Waals surface area contributed by atoms with E-state index in [-0.39, 0.29) is 0 Å². The topological polar surface area (TPSA) is 33.3 Å². The summed E-state index contributed by atoms with van der Waals surface area (Å²) in [4.78, 5) is 0. The lowest BCUT2D eigenvalue weighted by molar-refractivity contribution is 0.199. The number of ether oxygens (including phenoxy) is 1. The van der Waals surface area contributed by atoms with Gasteiger partial charge in [-0.2, -0.15) is 0 Å². The van der Waals surface area contributed by atoms with Crippen molar-refractivity contribution < 1.29 is 4.74 Å². The van der Waals surface area contributed by atoms with Gasteiger partial charge < -0.3 is 15.4 Å². The van der Waals surface area contributed by atoms with Gasteiger partial charge in [-0.1, -0.05) is 29.8 Å². The van der Waals surface area contributed by atoms with Crippen molar-refractivity contribution in [2.45, 2.75) is 19.9 Å². The van der Waals surface area contributed by atoms with Crippen LogP contribution in [0, 0.1) is 6.92 Å². The second kappa shape index (κ2) is 9.16. The third-order valence-corrected chi connectivity index (χ3v) is 2.64. The van der Waals surface area contributed by atoms with Crippen LogP contribution in [0.4, 0.5) is 0 Å². The van der Waals surface area contributed by atoms with E-state index in [1.165, 1.54) is 11.1 Å². The Labute approximate surface area is 105 Å². The van der Waals surface area contributed by atoms with Gasteiger partial charge in [0.1, 0.15) is 0 Å². The molecule has 0 radical (unpaired) electrons. The largest absolute Gasteiger partial charge is 0.383 e. The number of methoxy groups -OCH3 is 1. The Kier molecular flexibility index (Phi) is 7.63. The third-order valence-electron chi connectivity index (χ3n) is 2.64. The summed E-state index contributed by atoms with van der Waals surface area (Å²) in [5.41, 5.74) is 2.67. The minimum Gasteiger partial charge on any atom is -0.383 e. The predicted molar refractivity (Wildman–Crippen MR) is 72.2 cm³/mol. The zero-order chi connectivity index (χ0) is 12.3. The zero-order valence-electron chi connectivity index (χ0n) is 11.0. The van der Waals surface area contributed by atoms with Crippen LogP contribution in [0.3, 0.4) is 0 Å². The van der Waals surface area contributed by atoms with Crippen molar-refractivity contribution >= 4 is 0 Å². The SMILES string of the molecule is COCCNCCCNCc1ccc(C)cc1. The Bertz CT molecular complexity index is 285. The van der Waals surface area contributed by atoms with Gasteiger partial charge in [0.15, 0.2) is 0 Å². The smallest absolute Gasteiger partial charge is 0.0587 e. The lowest BCUT2D eigenvalue weighted by atomic mass is 10.1. The van der Waals surface area contributed by atoms with Gasteiger partial charge in [-0.05, 0) is 32.0 Å². The van der Waals surface area contributed by atoms with Crippen LogP contribution in [0.1, 0.15) is 17.5 Å². The zero-order valence-corrected chi connectivity index (χ0v) is 11.0. The molecule has 96 valence electrons. The first-order valence-corrected chi connectivity index (χ1v) is 6.29. The van der Waals surface area contributed by atoms with Crippen LogP contribution in [0.25, 0.3) is 0 Å². The highest BCUT2D eigenvalue weighted by atomic mass is 16.5. The second-order valence-corrected chi connectivity index (χ2v) is 4.26. The molecule has 2 N–H and O–H groups in total. The van der Waals surface area contributed by atoms with Gasteiger partial charge in [0.25, 0.3) is 0 Å². The summed E-state index contributed by atoms with van der Waals surface area (Å²) in [6.45, 7) is 6.89. The molecule has 0 heterocycles. The summed E-state index contributed by atoms with van der Waals surface area (Å²) in [5, 5.41) is 6.77. The summed E-state index contributed by atoms with van der Waals surface area (Å²) >= 11 is 0. The van der Waals surface area contributed by atoms with Gasteiger partial charge in [-0.15, -0.1) is 0 Å². The molecule has 1 aromatic rings. The van der Waals surface area contributed by atoms with Gasteiger partial charge >= 0.3 is 0 Å². The van der Waals surface area contributed by atoms with E-state index in [4.69, 9.17) is 4.74 Å². The highest BCUT2D eigenvalue weighted by Gasteiger charge is 1.92. The fourth-order valence-electron chi connectivity index (χ4n) is 1.58. The Balaban J connectivity index is 1.95. The van der Waals surface area contributed by atoms with Gasteiger partial charge in [0.2, 0.25) is 0 Å². The number of aryl methyl sites for hydroxylation is 1. The van der Waals surface area contributed by atoms with Crippen LogP contribution in [0.2, 0.25) is 0 Å². The van der Waals surface area contributed by atoms with Crippen LogP contribution in [0.5, 0.6) is 0 Å². The molecule has 0 amide bonds. The summed E-state index contributed by atoms with van der Waals surface area (Å²) in [6, 6.07) is 8.67. The second-order valence-electron chi connectivity index (χ2n) is 4.26. The van der Waals surface area contributed by atoms with Crippen LogP contribution in [0.15, 0.2) is 24.3 Å². The maximum Gasteiger partial charge on any atom is 0.0587 e. The van der Waals surface area contributed by atoms with Crippen molar-refractivity contribution in [3.8, 4) is 0 Å².